The lowest BCUT2D eigenvalue weighted by atomic mass is 10.0. The van der Waals surface area contributed by atoms with Crippen LogP contribution in [0.15, 0.2) is 84.7 Å². The van der Waals surface area contributed by atoms with Crippen molar-refractivity contribution in [1.82, 2.24) is 14.8 Å². The second-order valence-electron chi connectivity index (χ2n) is 7.47. The molecule has 162 valence electrons. The first-order valence-electron chi connectivity index (χ1n) is 10.6. The van der Waals surface area contributed by atoms with Gasteiger partial charge in [0, 0.05) is 19.3 Å². The van der Waals surface area contributed by atoms with E-state index in [-0.39, 0.29) is 18.4 Å². The van der Waals surface area contributed by atoms with E-state index < -0.39 is 0 Å². The van der Waals surface area contributed by atoms with E-state index in [9.17, 15) is 9.59 Å². The standard InChI is InChI=1S/C26H25N3O3/c1-3-28(17-19-9-5-4-6-10-19)24-23(20-12-14-22(32-2)15-13-20)25(30)29(26(24)31)18-21-11-7-8-16-27-21/h4-16H,3,17-18H2,1-2H3. The highest BCUT2D eigenvalue weighted by Crippen LogP contribution is 2.34. The van der Waals surface area contributed by atoms with E-state index in [4.69, 9.17) is 4.74 Å². The molecular weight excluding hydrogens is 402 g/mol. The van der Waals surface area contributed by atoms with Crippen molar-refractivity contribution in [2.45, 2.75) is 20.0 Å². The van der Waals surface area contributed by atoms with Crippen LogP contribution in [0.3, 0.4) is 0 Å². The molecule has 0 radical (unpaired) electrons. The van der Waals surface area contributed by atoms with Gasteiger partial charge in [0.05, 0.1) is 24.9 Å². The Labute approximate surface area is 187 Å². The number of aromatic nitrogens is 1. The van der Waals surface area contributed by atoms with Gasteiger partial charge in [-0.05, 0) is 42.3 Å². The van der Waals surface area contributed by atoms with Crippen LogP contribution in [0.1, 0.15) is 23.7 Å². The maximum absolute atomic E-state index is 13.6. The minimum atomic E-state index is -0.313. The molecule has 0 saturated heterocycles. The molecule has 2 amide bonds. The highest BCUT2D eigenvalue weighted by atomic mass is 16.5. The molecule has 4 rings (SSSR count). The van der Waals surface area contributed by atoms with Gasteiger partial charge in [0.25, 0.3) is 11.8 Å². The number of ether oxygens (including phenoxy) is 1. The number of carbonyl (C=O) groups is 2. The first-order chi connectivity index (χ1) is 15.6. The van der Waals surface area contributed by atoms with Gasteiger partial charge in [-0.1, -0.05) is 48.5 Å². The van der Waals surface area contributed by atoms with Crippen LogP contribution in [-0.4, -0.2) is 40.3 Å². The Morgan fingerprint density at radius 1 is 0.906 bits per heavy atom. The molecule has 1 aliphatic heterocycles. The summed E-state index contributed by atoms with van der Waals surface area (Å²) in [6.45, 7) is 3.23. The van der Waals surface area contributed by atoms with Crippen molar-refractivity contribution in [2.24, 2.45) is 0 Å². The molecule has 0 bridgehead atoms. The second kappa shape index (κ2) is 9.47. The summed E-state index contributed by atoms with van der Waals surface area (Å²) in [4.78, 5) is 34.6. The maximum atomic E-state index is 13.6. The lowest BCUT2D eigenvalue weighted by Gasteiger charge is -2.25. The lowest BCUT2D eigenvalue weighted by Crippen LogP contribution is -2.35. The Bertz CT molecular complexity index is 1130. The quantitative estimate of drug-likeness (QED) is 0.511. The molecule has 0 unspecified atom stereocenters. The summed E-state index contributed by atoms with van der Waals surface area (Å²) in [6.07, 6.45) is 1.66. The highest BCUT2D eigenvalue weighted by molar-refractivity contribution is 6.35. The fourth-order valence-electron chi connectivity index (χ4n) is 3.82. The second-order valence-corrected chi connectivity index (χ2v) is 7.47. The Balaban J connectivity index is 1.76. The zero-order chi connectivity index (χ0) is 22.5. The number of amides is 2. The monoisotopic (exact) mass is 427 g/mol. The van der Waals surface area contributed by atoms with Crippen LogP contribution < -0.4 is 4.74 Å². The number of methoxy groups -OCH3 is 1. The molecule has 0 spiro atoms. The van der Waals surface area contributed by atoms with Gasteiger partial charge in [0.2, 0.25) is 0 Å². The fourth-order valence-corrected chi connectivity index (χ4v) is 3.82. The normalized spacial score (nSPS) is 13.6. The first-order valence-corrected chi connectivity index (χ1v) is 10.6. The number of benzene rings is 2. The Kier molecular flexibility index (Phi) is 6.31. The molecule has 0 saturated carbocycles. The van der Waals surface area contributed by atoms with Gasteiger partial charge in [-0.3, -0.25) is 19.5 Å². The van der Waals surface area contributed by atoms with Crippen molar-refractivity contribution in [1.29, 1.82) is 0 Å². The molecule has 0 fully saturated rings. The fraction of sp³-hybridized carbons (Fsp3) is 0.192. The molecule has 0 aliphatic carbocycles. The molecule has 6 heteroatoms. The van der Waals surface area contributed by atoms with Crippen LogP contribution in [0.5, 0.6) is 5.75 Å². The smallest absolute Gasteiger partial charge is 0.278 e. The van der Waals surface area contributed by atoms with Crippen LogP contribution >= 0.6 is 0 Å². The third-order valence-corrected chi connectivity index (χ3v) is 5.48. The molecule has 2 heterocycles. The van der Waals surface area contributed by atoms with Gasteiger partial charge in [0.1, 0.15) is 11.4 Å². The molecule has 3 aromatic rings. The molecule has 6 nitrogen and oxygen atoms in total. The maximum Gasteiger partial charge on any atom is 0.278 e. The summed E-state index contributed by atoms with van der Waals surface area (Å²) >= 11 is 0. The van der Waals surface area contributed by atoms with E-state index >= 15 is 0 Å². The van der Waals surface area contributed by atoms with Gasteiger partial charge in [-0.15, -0.1) is 0 Å². The van der Waals surface area contributed by atoms with Gasteiger partial charge in [0.15, 0.2) is 0 Å². The van der Waals surface area contributed by atoms with E-state index in [0.29, 0.717) is 41.4 Å². The highest BCUT2D eigenvalue weighted by Gasteiger charge is 2.41. The Morgan fingerprint density at radius 3 is 2.25 bits per heavy atom. The summed E-state index contributed by atoms with van der Waals surface area (Å²) in [6, 6.07) is 22.6. The number of nitrogens with zero attached hydrogens (tertiary/aromatic N) is 3. The van der Waals surface area contributed by atoms with Crippen molar-refractivity contribution in [3.63, 3.8) is 0 Å². The van der Waals surface area contributed by atoms with Crippen LogP contribution in [0.2, 0.25) is 0 Å². The molecule has 32 heavy (non-hydrogen) atoms. The number of hydrogen-bond acceptors (Lipinski definition) is 5. The van der Waals surface area contributed by atoms with E-state index in [1.807, 2.05) is 72.5 Å². The number of imide groups is 1. The zero-order valence-electron chi connectivity index (χ0n) is 18.2. The van der Waals surface area contributed by atoms with Crippen LogP contribution in [0.4, 0.5) is 0 Å². The third-order valence-electron chi connectivity index (χ3n) is 5.48. The average molecular weight is 428 g/mol. The van der Waals surface area contributed by atoms with E-state index in [0.717, 1.165) is 5.56 Å². The van der Waals surface area contributed by atoms with Crippen molar-refractivity contribution in [2.75, 3.05) is 13.7 Å². The Morgan fingerprint density at radius 2 is 1.62 bits per heavy atom. The predicted molar refractivity (Wildman–Crippen MR) is 122 cm³/mol. The lowest BCUT2D eigenvalue weighted by molar-refractivity contribution is -0.138. The number of hydrogen-bond donors (Lipinski definition) is 0. The summed E-state index contributed by atoms with van der Waals surface area (Å²) in [5.74, 6) is 0.0752. The summed E-state index contributed by atoms with van der Waals surface area (Å²) < 4.78 is 5.26. The molecule has 0 N–H and O–H groups in total. The number of rotatable bonds is 8. The Hall–Kier alpha value is -3.93. The molecule has 1 aromatic heterocycles. The SMILES string of the molecule is CCN(Cc1ccccc1)C1=C(c2ccc(OC)cc2)C(=O)N(Cc2ccccn2)C1=O. The average Bonchev–Trinajstić information content (AvgIpc) is 3.08. The van der Waals surface area contributed by atoms with Crippen molar-refractivity contribution >= 4 is 17.4 Å². The molecule has 2 aromatic carbocycles. The molecule has 0 atom stereocenters. The molecular formula is C26H25N3O3. The summed E-state index contributed by atoms with van der Waals surface area (Å²) in [5, 5.41) is 0. The van der Waals surface area contributed by atoms with E-state index in [1.165, 1.54) is 4.90 Å². The minimum absolute atomic E-state index is 0.130. The number of pyridine rings is 1. The van der Waals surface area contributed by atoms with Gasteiger partial charge in [-0.2, -0.15) is 0 Å². The van der Waals surface area contributed by atoms with Gasteiger partial charge >= 0.3 is 0 Å². The predicted octanol–water partition coefficient (Wildman–Crippen LogP) is 3.89. The van der Waals surface area contributed by atoms with Crippen molar-refractivity contribution in [3.8, 4) is 5.75 Å². The molecule has 1 aliphatic rings. The zero-order valence-corrected chi connectivity index (χ0v) is 18.2. The van der Waals surface area contributed by atoms with Crippen molar-refractivity contribution < 1.29 is 14.3 Å². The minimum Gasteiger partial charge on any atom is -0.497 e. The number of likely N-dealkylation sites (N-methyl/N-ethyl adjacent to an activating group) is 1. The van der Waals surface area contributed by atoms with Gasteiger partial charge < -0.3 is 9.64 Å². The van der Waals surface area contributed by atoms with E-state index in [2.05, 4.69) is 4.98 Å². The summed E-state index contributed by atoms with van der Waals surface area (Å²) in [5.41, 5.74) is 3.25. The number of carbonyl (C=O) groups excluding carboxylic acids is 2. The third kappa shape index (κ3) is 4.25. The summed E-state index contributed by atoms with van der Waals surface area (Å²) in [7, 11) is 1.59. The van der Waals surface area contributed by atoms with Crippen LogP contribution in [0.25, 0.3) is 5.57 Å². The van der Waals surface area contributed by atoms with Gasteiger partial charge in [-0.25, -0.2) is 0 Å². The van der Waals surface area contributed by atoms with Crippen molar-refractivity contribution in [3.05, 3.63) is 102 Å². The topological polar surface area (TPSA) is 62.7 Å². The first kappa shape index (κ1) is 21.3. The van der Waals surface area contributed by atoms with Crippen LogP contribution in [-0.2, 0) is 22.7 Å². The van der Waals surface area contributed by atoms with Crippen LogP contribution in [0, 0.1) is 0 Å². The largest absolute Gasteiger partial charge is 0.497 e. The van der Waals surface area contributed by atoms with E-state index in [1.54, 1.807) is 25.4 Å².